The predicted molar refractivity (Wildman–Crippen MR) is 125 cm³/mol. The molecule has 9 heteroatoms. The number of amides is 2. The van der Waals surface area contributed by atoms with Gasteiger partial charge in [0, 0.05) is 22.9 Å². The summed E-state index contributed by atoms with van der Waals surface area (Å²) in [6, 6.07) is 19.9. The molecule has 0 atom stereocenters. The lowest BCUT2D eigenvalue weighted by atomic mass is 10.1. The van der Waals surface area contributed by atoms with Gasteiger partial charge in [0.05, 0.1) is 5.69 Å². The van der Waals surface area contributed by atoms with Crippen molar-refractivity contribution in [2.45, 2.75) is 13.8 Å². The van der Waals surface area contributed by atoms with Crippen LogP contribution >= 0.6 is 0 Å². The zero-order chi connectivity index (χ0) is 23.7. The number of carbonyl (C=O) groups is 2. The Morgan fingerprint density at radius 2 is 1.53 bits per heavy atom. The number of hydrogen-bond donors (Lipinski definition) is 2. The topological polar surface area (TPSA) is 114 Å². The Bertz CT molecular complexity index is 1520. The molecule has 9 nitrogen and oxygen atoms in total. The minimum atomic E-state index is -0.462. The lowest BCUT2D eigenvalue weighted by Crippen LogP contribution is -2.42. The number of hydrazine groups is 1. The van der Waals surface area contributed by atoms with Gasteiger partial charge in [0.1, 0.15) is 11.3 Å². The van der Waals surface area contributed by atoms with Crippen LogP contribution in [0.25, 0.3) is 28.6 Å². The number of nitrogens with zero attached hydrogens (tertiary/aromatic N) is 4. The molecule has 0 saturated carbocycles. The Hall–Kier alpha value is -4.79. The van der Waals surface area contributed by atoms with Crippen molar-refractivity contribution < 1.29 is 14.0 Å². The van der Waals surface area contributed by atoms with Gasteiger partial charge in [-0.2, -0.15) is 0 Å². The van der Waals surface area contributed by atoms with E-state index in [2.05, 4.69) is 26.0 Å². The number of hydrogen-bond acceptors (Lipinski definition) is 6. The Balaban J connectivity index is 1.27. The monoisotopic (exact) mass is 452 g/mol. The van der Waals surface area contributed by atoms with Crippen molar-refractivity contribution in [2.24, 2.45) is 0 Å². The van der Waals surface area contributed by atoms with Crippen LogP contribution in [0.5, 0.6) is 0 Å². The highest BCUT2D eigenvalue weighted by Crippen LogP contribution is 2.26. The molecule has 5 rings (SSSR count). The fraction of sp³-hybridized carbons (Fsp3) is 0.0800. The first kappa shape index (κ1) is 21.1. The second kappa shape index (κ2) is 8.62. The zero-order valence-corrected chi connectivity index (χ0v) is 18.4. The number of aromatic nitrogens is 4. The van der Waals surface area contributed by atoms with Crippen LogP contribution in [0.2, 0.25) is 0 Å². The maximum atomic E-state index is 12.6. The van der Waals surface area contributed by atoms with Gasteiger partial charge in [0.15, 0.2) is 0 Å². The standard InChI is InChI=1S/C25H20N6O3/c1-15-7-3-4-8-19(15)25-30-29-24(34-25)18-12-10-17(11-13-18)22(32)27-28-23(33)21-16(2)26-20-9-5-6-14-31(20)21/h3-14H,1-2H3,(H,27,32)(H,28,33). The van der Waals surface area contributed by atoms with Crippen LogP contribution in [0, 0.1) is 13.8 Å². The van der Waals surface area contributed by atoms with Gasteiger partial charge in [-0.15, -0.1) is 10.2 Å². The summed E-state index contributed by atoms with van der Waals surface area (Å²) in [6.07, 6.45) is 1.74. The molecule has 3 heterocycles. The van der Waals surface area contributed by atoms with Crippen molar-refractivity contribution >= 4 is 17.5 Å². The maximum Gasteiger partial charge on any atom is 0.288 e. The molecule has 2 N–H and O–H groups in total. The molecule has 168 valence electrons. The minimum Gasteiger partial charge on any atom is -0.416 e. The lowest BCUT2D eigenvalue weighted by molar-refractivity contribution is 0.0843. The number of fused-ring (bicyclic) bond motifs is 1. The molecule has 0 radical (unpaired) electrons. The van der Waals surface area contributed by atoms with E-state index in [-0.39, 0.29) is 0 Å². The van der Waals surface area contributed by atoms with Gasteiger partial charge in [-0.3, -0.25) is 24.8 Å². The van der Waals surface area contributed by atoms with E-state index >= 15 is 0 Å². The predicted octanol–water partition coefficient (Wildman–Crippen LogP) is 3.74. The number of pyridine rings is 1. The summed E-state index contributed by atoms with van der Waals surface area (Å²) < 4.78 is 7.48. The molecule has 5 aromatic rings. The Morgan fingerprint density at radius 3 is 2.32 bits per heavy atom. The highest BCUT2D eigenvalue weighted by molar-refractivity contribution is 5.99. The molecule has 0 aliphatic rings. The van der Waals surface area contributed by atoms with Gasteiger partial charge in [-0.1, -0.05) is 24.3 Å². The van der Waals surface area contributed by atoms with Crippen LogP contribution in [0.4, 0.5) is 0 Å². The van der Waals surface area contributed by atoms with E-state index in [4.69, 9.17) is 4.42 Å². The number of imidazole rings is 1. The number of nitrogens with one attached hydrogen (secondary N) is 2. The fourth-order valence-electron chi connectivity index (χ4n) is 3.66. The molecule has 2 amide bonds. The van der Waals surface area contributed by atoms with E-state index < -0.39 is 11.8 Å². The van der Waals surface area contributed by atoms with Crippen molar-refractivity contribution in [3.05, 3.63) is 95.4 Å². The number of carbonyl (C=O) groups excluding carboxylic acids is 2. The first-order chi connectivity index (χ1) is 16.5. The number of rotatable bonds is 4. The van der Waals surface area contributed by atoms with Crippen LogP contribution in [-0.2, 0) is 0 Å². The highest BCUT2D eigenvalue weighted by Gasteiger charge is 2.18. The van der Waals surface area contributed by atoms with Gasteiger partial charge in [-0.25, -0.2) is 4.98 Å². The summed E-state index contributed by atoms with van der Waals surface area (Å²) in [4.78, 5) is 29.5. The van der Waals surface area contributed by atoms with Gasteiger partial charge in [0.25, 0.3) is 11.8 Å². The Labute approximate surface area is 194 Å². The second-order valence-corrected chi connectivity index (χ2v) is 7.69. The minimum absolute atomic E-state index is 0.349. The van der Waals surface area contributed by atoms with E-state index in [9.17, 15) is 9.59 Å². The van der Waals surface area contributed by atoms with Crippen LogP contribution < -0.4 is 10.9 Å². The van der Waals surface area contributed by atoms with E-state index in [1.165, 1.54) is 0 Å². The lowest BCUT2D eigenvalue weighted by Gasteiger charge is -2.08. The molecule has 0 aliphatic carbocycles. The third-order valence-corrected chi connectivity index (χ3v) is 5.40. The molecule has 0 saturated heterocycles. The summed E-state index contributed by atoms with van der Waals surface area (Å²) in [6.45, 7) is 3.71. The van der Waals surface area contributed by atoms with Crippen molar-refractivity contribution in [2.75, 3.05) is 0 Å². The van der Waals surface area contributed by atoms with Crippen molar-refractivity contribution in [3.63, 3.8) is 0 Å². The fourth-order valence-corrected chi connectivity index (χ4v) is 3.66. The highest BCUT2D eigenvalue weighted by atomic mass is 16.4. The van der Waals surface area contributed by atoms with Crippen molar-refractivity contribution in [1.82, 2.24) is 30.4 Å². The molecule has 3 aromatic heterocycles. The first-order valence-corrected chi connectivity index (χ1v) is 10.6. The van der Waals surface area contributed by atoms with Gasteiger partial charge < -0.3 is 4.42 Å². The van der Waals surface area contributed by atoms with Crippen LogP contribution in [0.3, 0.4) is 0 Å². The maximum absolute atomic E-state index is 12.6. The smallest absolute Gasteiger partial charge is 0.288 e. The summed E-state index contributed by atoms with van der Waals surface area (Å²) in [5.74, 6) is -0.143. The normalized spacial score (nSPS) is 10.9. The van der Waals surface area contributed by atoms with E-state index in [0.717, 1.165) is 11.1 Å². The molecule has 0 unspecified atom stereocenters. The van der Waals surface area contributed by atoms with Gasteiger partial charge >= 0.3 is 0 Å². The quantitative estimate of drug-likeness (QED) is 0.402. The number of aryl methyl sites for hydroxylation is 2. The van der Waals surface area contributed by atoms with E-state index in [0.29, 0.717) is 39.9 Å². The van der Waals surface area contributed by atoms with Gasteiger partial charge in [-0.05, 0) is 61.9 Å². The zero-order valence-electron chi connectivity index (χ0n) is 18.4. The molecule has 34 heavy (non-hydrogen) atoms. The van der Waals surface area contributed by atoms with Crippen LogP contribution in [-0.4, -0.2) is 31.4 Å². The summed E-state index contributed by atoms with van der Waals surface area (Å²) in [5.41, 5.74) is 9.39. The molecule has 0 spiro atoms. The summed E-state index contributed by atoms with van der Waals surface area (Å²) in [5, 5.41) is 8.25. The third-order valence-electron chi connectivity index (χ3n) is 5.40. The average Bonchev–Trinajstić information content (AvgIpc) is 3.47. The van der Waals surface area contributed by atoms with Crippen LogP contribution in [0.15, 0.2) is 77.3 Å². The summed E-state index contributed by atoms with van der Waals surface area (Å²) >= 11 is 0. The first-order valence-electron chi connectivity index (χ1n) is 10.6. The Kier molecular flexibility index (Phi) is 5.35. The third kappa shape index (κ3) is 3.90. The molecule has 0 aliphatic heterocycles. The summed E-state index contributed by atoms with van der Waals surface area (Å²) in [7, 11) is 0. The number of benzene rings is 2. The Morgan fingerprint density at radius 1 is 0.824 bits per heavy atom. The second-order valence-electron chi connectivity index (χ2n) is 7.69. The molecule has 0 fully saturated rings. The van der Waals surface area contributed by atoms with E-state index in [1.54, 1.807) is 53.9 Å². The molecule has 0 bridgehead atoms. The average molecular weight is 452 g/mol. The molecular weight excluding hydrogens is 432 g/mol. The molecular formula is C25H20N6O3. The van der Waals surface area contributed by atoms with E-state index in [1.807, 2.05) is 37.3 Å². The van der Waals surface area contributed by atoms with Crippen LogP contribution in [0.1, 0.15) is 32.1 Å². The van der Waals surface area contributed by atoms with Crippen molar-refractivity contribution in [3.8, 4) is 22.9 Å². The molecule has 2 aromatic carbocycles. The van der Waals surface area contributed by atoms with Crippen molar-refractivity contribution in [1.29, 1.82) is 0 Å². The SMILES string of the molecule is Cc1ccccc1-c1nnc(-c2ccc(C(=O)NNC(=O)c3c(C)nc4ccccn34)cc2)o1. The largest absolute Gasteiger partial charge is 0.416 e. The van der Waals surface area contributed by atoms with Gasteiger partial charge in [0.2, 0.25) is 11.8 Å².